The van der Waals surface area contributed by atoms with E-state index >= 15 is 0 Å². The highest BCUT2D eigenvalue weighted by molar-refractivity contribution is 9.10. The van der Waals surface area contributed by atoms with Gasteiger partial charge in [0.25, 0.3) is 0 Å². The molecule has 5 nitrogen and oxygen atoms in total. The fourth-order valence-corrected chi connectivity index (χ4v) is 3.80. The molecule has 1 heterocycles. The zero-order valence-corrected chi connectivity index (χ0v) is 14.7. The molecule has 2 N–H and O–H groups in total. The Morgan fingerprint density at radius 3 is 2.68 bits per heavy atom. The lowest BCUT2D eigenvalue weighted by Gasteiger charge is -2.30. The van der Waals surface area contributed by atoms with Gasteiger partial charge in [-0.3, -0.25) is 4.79 Å². The first-order chi connectivity index (χ1) is 10.5. The van der Waals surface area contributed by atoms with Crippen molar-refractivity contribution in [2.75, 3.05) is 24.2 Å². The number of hydrogen-bond acceptors (Lipinski definition) is 3. The molecular formula is C15H19BrN2O3S. The summed E-state index contributed by atoms with van der Waals surface area (Å²) in [6.45, 7) is 3.01. The number of urea groups is 1. The zero-order chi connectivity index (χ0) is 16.1. The lowest BCUT2D eigenvalue weighted by Crippen LogP contribution is -2.42. The van der Waals surface area contributed by atoms with Crippen molar-refractivity contribution in [3.05, 3.63) is 22.7 Å². The number of anilines is 1. The number of hydrogen-bond donors (Lipinski definition) is 2. The molecule has 0 aliphatic carbocycles. The fraction of sp³-hybridized carbons (Fsp3) is 0.467. The molecule has 0 unspecified atom stereocenters. The van der Waals surface area contributed by atoms with E-state index in [1.165, 1.54) is 0 Å². The summed E-state index contributed by atoms with van der Waals surface area (Å²) >= 11 is 5.14. The number of carbonyl (C=O) groups is 2. The van der Waals surface area contributed by atoms with Crippen LogP contribution < -0.4 is 5.32 Å². The number of nitrogens with one attached hydrogen (secondary N) is 1. The Kier molecular flexibility index (Phi) is 6.14. The molecule has 1 aromatic rings. The predicted octanol–water partition coefficient (Wildman–Crippen LogP) is 3.89. The summed E-state index contributed by atoms with van der Waals surface area (Å²) in [5.74, 6) is -0.185. The van der Waals surface area contributed by atoms with Gasteiger partial charge in [-0.25, -0.2) is 4.79 Å². The van der Waals surface area contributed by atoms with Crippen LogP contribution in [0.3, 0.4) is 0 Å². The highest BCUT2D eigenvalue weighted by atomic mass is 79.9. The van der Waals surface area contributed by atoms with E-state index < -0.39 is 5.97 Å². The molecule has 1 saturated heterocycles. The molecule has 0 spiro atoms. The van der Waals surface area contributed by atoms with Gasteiger partial charge in [-0.1, -0.05) is 13.0 Å². The molecule has 0 bridgehead atoms. The molecule has 1 aromatic carbocycles. The third-order valence-electron chi connectivity index (χ3n) is 3.64. The maximum atomic E-state index is 12.4. The number of amides is 2. The van der Waals surface area contributed by atoms with Gasteiger partial charge in [0.15, 0.2) is 0 Å². The summed E-state index contributed by atoms with van der Waals surface area (Å²) in [5.41, 5.74) is 0.778. The molecule has 1 aliphatic heterocycles. The topological polar surface area (TPSA) is 69.6 Å². The van der Waals surface area contributed by atoms with E-state index in [1.54, 1.807) is 16.7 Å². The van der Waals surface area contributed by atoms with E-state index in [2.05, 4.69) is 28.2 Å². The van der Waals surface area contributed by atoms with Crippen molar-refractivity contribution in [2.24, 2.45) is 5.92 Å². The van der Waals surface area contributed by atoms with Crippen LogP contribution in [-0.2, 0) is 4.79 Å². The van der Waals surface area contributed by atoms with E-state index in [4.69, 9.17) is 5.11 Å². The molecule has 2 rings (SSSR count). The Balaban J connectivity index is 2.02. The number of carboxylic acids is 1. The number of para-hydroxylation sites is 1. The first kappa shape index (κ1) is 17.1. The van der Waals surface area contributed by atoms with E-state index in [-0.39, 0.29) is 11.9 Å². The third-order valence-corrected chi connectivity index (χ3v) is 5.24. The van der Waals surface area contributed by atoms with Crippen molar-refractivity contribution >= 4 is 45.4 Å². The number of likely N-dealkylation sites (tertiary alicyclic amines) is 1. The van der Waals surface area contributed by atoms with Crippen LogP contribution in [0.4, 0.5) is 10.5 Å². The number of piperidine rings is 1. The lowest BCUT2D eigenvalue weighted by atomic mass is 9.97. The number of rotatable bonds is 4. The average Bonchev–Trinajstić information content (AvgIpc) is 2.51. The van der Waals surface area contributed by atoms with Crippen LogP contribution >= 0.6 is 27.7 Å². The maximum Gasteiger partial charge on any atom is 0.321 e. The molecule has 1 fully saturated rings. The van der Waals surface area contributed by atoms with Gasteiger partial charge in [-0.15, -0.1) is 11.8 Å². The second-order valence-electron chi connectivity index (χ2n) is 5.08. The highest BCUT2D eigenvalue weighted by Gasteiger charge is 2.27. The van der Waals surface area contributed by atoms with Crippen molar-refractivity contribution < 1.29 is 14.7 Å². The number of benzene rings is 1. The molecule has 22 heavy (non-hydrogen) atoms. The fourth-order valence-electron chi connectivity index (χ4n) is 2.42. The van der Waals surface area contributed by atoms with Crippen LogP contribution in [0.15, 0.2) is 27.6 Å². The number of halogens is 1. The van der Waals surface area contributed by atoms with Crippen molar-refractivity contribution in [2.45, 2.75) is 24.7 Å². The predicted molar refractivity (Wildman–Crippen MR) is 91.5 cm³/mol. The van der Waals surface area contributed by atoms with Crippen molar-refractivity contribution in [1.29, 1.82) is 0 Å². The van der Waals surface area contributed by atoms with Crippen LogP contribution in [0.1, 0.15) is 19.8 Å². The Bertz CT molecular complexity index is 560. The minimum absolute atomic E-state index is 0.173. The van der Waals surface area contributed by atoms with Gasteiger partial charge >= 0.3 is 12.0 Å². The SMILES string of the molecule is CCSc1cccc(Br)c1NC(=O)N1CCC(C(=O)O)CC1. The van der Waals surface area contributed by atoms with Gasteiger partial charge in [0, 0.05) is 22.5 Å². The Morgan fingerprint density at radius 2 is 2.09 bits per heavy atom. The number of carboxylic acid groups (broad SMARTS) is 1. The standard InChI is InChI=1S/C15H19BrN2O3S/c1-2-22-12-5-3-4-11(16)13(12)17-15(21)18-8-6-10(7-9-18)14(19)20/h3-5,10H,2,6-9H2,1H3,(H,17,21)(H,19,20). The quantitative estimate of drug-likeness (QED) is 0.770. The normalized spacial score (nSPS) is 15.6. The molecule has 0 radical (unpaired) electrons. The summed E-state index contributed by atoms with van der Waals surface area (Å²) < 4.78 is 0.847. The van der Waals surface area contributed by atoms with Crippen molar-refractivity contribution in [1.82, 2.24) is 4.90 Å². The van der Waals surface area contributed by atoms with Gasteiger partial charge in [0.1, 0.15) is 0 Å². The number of thioether (sulfide) groups is 1. The van der Waals surface area contributed by atoms with Crippen LogP contribution in [-0.4, -0.2) is 40.8 Å². The second-order valence-corrected chi connectivity index (χ2v) is 7.24. The molecular weight excluding hydrogens is 368 g/mol. The lowest BCUT2D eigenvalue weighted by molar-refractivity contribution is -0.143. The van der Waals surface area contributed by atoms with Crippen molar-refractivity contribution in [3.63, 3.8) is 0 Å². The summed E-state index contributed by atoms with van der Waals surface area (Å²) in [5, 5.41) is 12.0. The molecule has 7 heteroatoms. The maximum absolute atomic E-state index is 12.4. The van der Waals surface area contributed by atoms with Gasteiger partial charge < -0.3 is 15.3 Å². The molecule has 0 saturated carbocycles. The third kappa shape index (κ3) is 4.16. The molecule has 120 valence electrons. The van der Waals surface area contributed by atoms with Gasteiger partial charge in [-0.2, -0.15) is 0 Å². The van der Waals surface area contributed by atoms with E-state index in [1.807, 2.05) is 18.2 Å². The highest BCUT2D eigenvalue weighted by Crippen LogP contribution is 2.34. The van der Waals surface area contributed by atoms with Gasteiger partial charge in [0.05, 0.1) is 11.6 Å². The number of aliphatic carboxylic acids is 1. The zero-order valence-electron chi connectivity index (χ0n) is 12.3. The van der Waals surface area contributed by atoms with E-state index in [0.29, 0.717) is 25.9 Å². The molecule has 2 amide bonds. The smallest absolute Gasteiger partial charge is 0.321 e. The first-order valence-electron chi connectivity index (χ1n) is 7.23. The summed E-state index contributed by atoms with van der Waals surface area (Å²) in [6.07, 6.45) is 1.02. The minimum Gasteiger partial charge on any atom is -0.481 e. The minimum atomic E-state index is -0.771. The molecule has 0 aromatic heterocycles. The summed E-state index contributed by atoms with van der Waals surface area (Å²) in [6, 6.07) is 5.64. The average molecular weight is 387 g/mol. The van der Waals surface area contributed by atoms with Crippen LogP contribution in [0, 0.1) is 5.92 Å². The van der Waals surface area contributed by atoms with Crippen molar-refractivity contribution in [3.8, 4) is 0 Å². The largest absolute Gasteiger partial charge is 0.481 e. The Hall–Kier alpha value is -1.21. The Labute approximate surface area is 142 Å². The van der Waals surface area contributed by atoms with Crippen LogP contribution in [0.25, 0.3) is 0 Å². The number of nitrogens with zero attached hydrogens (tertiary/aromatic N) is 1. The van der Waals surface area contributed by atoms with Crippen LogP contribution in [0.2, 0.25) is 0 Å². The van der Waals surface area contributed by atoms with Gasteiger partial charge in [0.2, 0.25) is 0 Å². The Morgan fingerprint density at radius 1 is 1.41 bits per heavy atom. The van der Waals surface area contributed by atoms with Crippen LogP contribution in [0.5, 0.6) is 0 Å². The summed E-state index contributed by atoms with van der Waals surface area (Å²) in [4.78, 5) is 26.0. The molecule has 1 aliphatic rings. The second kappa shape index (κ2) is 7.87. The first-order valence-corrected chi connectivity index (χ1v) is 9.00. The molecule has 0 atom stereocenters. The monoisotopic (exact) mass is 386 g/mol. The number of carbonyl (C=O) groups excluding carboxylic acids is 1. The van der Waals surface area contributed by atoms with E-state index in [0.717, 1.165) is 20.8 Å². The van der Waals surface area contributed by atoms with Gasteiger partial charge in [-0.05, 0) is 46.7 Å². The van der Waals surface area contributed by atoms with E-state index in [9.17, 15) is 9.59 Å². The summed E-state index contributed by atoms with van der Waals surface area (Å²) in [7, 11) is 0.